The Morgan fingerprint density at radius 2 is 1.32 bits per heavy atom. The van der Waals surface area contributed by atoms with Crippen LogP contribution in [0.2, 0.25) is 0 Å². The zero-order chi connectivity index (χ0) is 33.4. The van der Waals surface area contributed by atoms with Gasteiger partial charge in [-0.15, -0.1) is 0 Å². The molecule has 242 valence electrons. The Hall–Kier alpha value is -5.66. The molecule has 0 fully saturated rings. The van der Waals surface area contributed by atoms with Crippen LogP contribution in [0.25, 0.3) is 33.4 Å². The summed E-state index contributed by atoms with van der Waals surface area (Å²) in [4.78, 5) is 2.47. The summed E-state index contributed by atoms with van der Waals surface area (Å²) < 4.78 is 0. The normalized spacial score (nSPS) is 20.7. The summed E-state index contributed by atoms with van der Waals surface area (Å²) in [5, 5.41) is 0. The third kappa shape index (κ3) is 5.63. The summed E-state index contributed by atoms with van der Waals surface area (Å²) in [5.74, 6) is 0.703. The van der Waals surface area contributed by atoms with E-state index in [1.54, 1.807) is 0 Å². The lowest BCUT2D eigenvalue weighted by atomic mass is 9.79. The molecule has 0 N–H and O–H groups in total. The molecule has 1 nitrogen and oxygen atoms in total. The summed E-state index contributed by atoms with van der Waals surface area (Å²) in [6.07, 6.45) is 22.0. The van der Waals surface area contributed by atoms with Crippen LogP contribution in [-0.4, -0.2) is 13.1 Å². The Balaban J connectivity index is 1.09. The van der Waals surface area contributed by atoms with Crippen molar-refractivity contribution in [2.75, 3.05) is 11.9 Å². The van der Waals surface area contributed by atoms with Gasteiger partial charge in [0.15, 0.2) is 0 Å². The Morgan fingerprint density at radius 1 is 0.600 bits per heavy atom. The molecule has 5 aromatic carbocycles. The predicted molar refractivity (Wildman–Crippen MR) is 213 cm³/mol. The van der Waals surface area contributed by atoms with Crippen molar-refractivity contribution in [3.05, 3.63) is 209 Å². The molecule has 3 aliphatic carbocycles. The fourth-order valence-electron chi connectivity index (χ4n) is 8.48. The highest BCUT2D eigenvalue weighted by Crippen LogP contribution is 2.50. The third-order valence-electron chi connectivity index (χ3n) is 11.0. The number of allylic oxidation sites excluding steroid dienone is 10. The maximum Gasteiger partial charge on any atom is 0.0649 e. The van der Waals surface area contributed by atoms with Crippen molar-refractivity contribution < 1.29 is 0 Å². The quantitative estimate of drug-likeness (QED) is 0.178. The van der Waals surface area contributed by atoms with Crippen molar-refractivity contribution in [2.24, 2.45) is 0 Å². The molecule has 1 aliphatic heterocycles. The number of fused-ring (bicyclic) bond motifs is 3. The number of likely N-dealkylation sites (N-methyl/N-ethyl adjacent to an activating group) is 1. The van der Waals surface area contributed by atoms with Crippen molar-refractivity contribution in [1.82, 2.24) is 0 Å². The summed E-state index contributed by atoms with van der Waals surface area (Å²) in [6, 6.07) is 47.5. The molecule has 0 aromatic heterocycles. The fourth-order valence-corrected chi connectivity index (χ4v) is 8.48. The van der Waals surface area contributed by atoms with Gasteiger partial charge in [0, 0.05) is 24.6 Å². The first-order chi connectivity index (χ1) is 24.7. The van der Waals surface area contributed by atoms with Gasteiger partial charge < -0.3 is 4.90 Å². The Morgan fingerprint density at radius 3 is 2.14 bits per heavy atom. The SMILES string of the molecule is CN1c2ccccc2C2C=C(c3cccc(C4=CC(c5cc(-c6ccccc6)cc(C6C=CC=CC6)c5)=CCC4)c3)C=C(c3ccccc3)C21. The molecule has 0 radical (unpaired) electrons. The highest BCUT2D eigenvalue weighted by atomic mass is 15.2. The smallest absolute Gasteiger partial charge is 0.0649 e. The number of nitrogens with zero attached hydrogens (tertiary/aromatic N) is 1. The van der Waals surface area contributed by atoms with Crippen LogP contribution in [-0.2, 0) is 0 Å². The van der Waals surface area contributed by atoms with E-state index in [1.807, 2.05) is 0 Å². The lowest BCUT2D eigenvalue weighted by Gasteiger charge is -2.32. The van der Waals surface area contributed by atoms with Gasteiger partial charge in [-0.3, -0.25) is 0 Å². The molecule has 50 heavy (non-hydrogen) atoms. The summed E-state index contributed by atoms with van der Waals surface area (Å²) in [6.45, 7) is 0. The largest absolute Gasteiger partial charge is 0.366 e. The average molecular weight is 644 g/mol. The number of anilines is 1. The van der Waals surface area contributed by atoms with Crippen LogP contribution >= 0.6 is 0 Å². The topological polar surface area (TPSA) is 3.24 Å². The first-order valence-electron chi connectivity index (χ1n) is 18.1. The van der Waals surface area contributed by atoms with E-state index in [0.29, 0.717) is 11.8 Å². The van der Waals surface area contributed by atoms with Crippen molar-refractivity contribution in [3.8, 4) is 11.1 Å². The average Bonchev–Trinajstić information content (AvgIpc) is 3.49. The third-order valence-corrected chi connectivity index (χ3v) is 11.0. The molecule has 3 atom stereocenters. The number of rotatable bonds is 6. The minimum absolute atomic E-state index is 0.284. The maximum absolute atomic E-state index is 2.52. The molecule has 0 amide bonds. The second-order valence-electron chi connectivity index (χ2n) is 14.0. The molecule has 0 bridgehead atoms. The predicted octanol–water partition coefficient (Wildman–Crippen LogP) is 12.3. The minimum Gasteiger partial charge on any atom is -0.366 e. The summed E-state index contributed by atoms with van der Waals surface area (Å²) in [5.41, 5.74) is 17.3. The van der Waals surface area contributed by atoms with Gasteiger partial charge in [-0.1, -0.05) is 152 Å². The van der Waals surface area contributed by atoms with Crippen LogP contribution < -0.4 is 4.90 Å². The maximum atomic E-state index is 2.52. The highest BCUT2D eigenvalue weighted by Gasteiger charge is 2.40. The second-order valence-corrected chi connectivity index (χ2v) is 14.0. The molecule has 0 saturated heterocycles. The summed E-state index contributed by atoms with van der Waals surface area (Å²) >= 11 is 0. The molecule has 1 heteroatoms. The summed E-state index contributed by atoms with van der Waals surface area (Å²) in [7, 11) is 2.25. The van der Waals surface area contributed by atoms with E-state index in [-0.39, 0.29) is 6.04 Å². The van der Waals surface area contributed by atoms with Gasteiger partial charge in [-0.25, -0.2) is 0 Å². The first-order valence-corrected chi connectivity index (χ1v) is 18.1. The van der Waals surface area contributed by atoms with E-state index in [9.17, 15) is 0 Å². The van der Waals surface area contributed by atoms with Gasteiger partial charge in [0.2, 0.25) is 0 Å². The minimum atomic E-state index is 0.284. The number of benzene rings is 5. The number of hydrogen-bond acceptors (Lipinski definition) is 1. The van der Waals surface area contributed by atoms with Crippen LogP contribution in [0.5, 0.6) is 0 Å². The monoisotopic (exact) mass is 643 g/mol. The highest BCUT2D eigenvalue weighted by molar-refractivity contribution is 5.94. The van der Waals surface area contributed by atoms with Gasteiger partial charge in [-0.2, -0.15) is 0 Å². The molecule has 5 aromatic rings. The van der Waals surface area contributed by atoms with Gasteiger partial charge in [0.05, 0.1) is 6.04 Å². The molecule has 3 unspecified atom stereocenters. The van der Waals surface area contributed by atoms with Gasteiger partial charge in [0.1, 0.15) is 0 Å². The van der Waals surface area contributed by atoms with E-state index in [0.717, 1.165) is 19.3 Å². The van der Waals surface area contributed by atoms with Crippen LogP contribution in [0.15, 0.2) is 176 Å². The molecule has 0 spiro atoms. The second kappa shape index (κ2) is 13.0. The molecular weight excluding hydrogens is 603 g/mol. The zero-order valence-electron chi connectivity index (χ0n) is 28.5. The van der Waals surface area contributed by atoms with E-state index in [1.165, 1.54) is 72.5 Å². The lowest BCUT2D eigenvalue weighted by molar-refractivity contribution is 0.741. The zero-order valence-corrected chi connectivity index (χ0v) is 28.5. The Bertz CT molecular complexity index is 2260. The molecule has 9 rings (SSSR count). The van der Waals surface area contributed by atoms with Crippen LogP contribution in [0, 0.1) is 0 Å². The van der Waals surface area contributed by atoms with Crippen LogP contribution in [0.1, 0.15) is 64.5 Å². The number of para-hydroxylation sites is 1. The van der Waals surface area contributed by atoms with Crippen LogP contribution in [0.4, 0.5) is 5.69 Å². The van der Waals surface area contributed by atoms with Crippen molar-refractivity contribution in [2.45, 2.75) is 37.1 Å². The van der Waals surface area contributed by atoms with E-state index in [2.05, 4.69) is 188 Å². The van der Waals surface area contributed by atoms with Gasteiger partial charge in [-0.05, 0) is 110 Å². The first kappa shape index (κ1) is 30.4. The lowest BCUT2D eigenvalue weighted by Crippen LogP contribution is -2.32. The number of hydrogen-bond donors (Lipinski definition) is 0. The van der Waals surface area contributed by atoms with Crippen molar-refractivity contribution in [1.29, 1.82) is 0 Å². The Kier molecular flexibility index (Phi) is 7.90. The fraction of sp³-hybridized carbons (Fsp3) is 0.143. The molecule has 1 heterocycles. The van der Waals surface area contributed by atoms with E-state index in [4.69, 9.17) is 0 Å². The van der Waals surface area contributed by atoms with Crippen molar-refractivity contribution in [3.63, 3.8) is 0 Å². The van der Waals surface area contributed by atoms with Crippen LogP contribution in [0.3, 0.4) is 0 Å². The van der Waals surface area contributed by atoms with Crippen molar-refractivity contribution >= 4 is 28.0 Å². The molecular formula is C49H41N. The van der Waals surface area contributed by atoms with Gasteiger partial charge >= 0.3 is 0 Å². The Labute approximate surface area is 296 Å². The molecule has 4 aliphatic rings. The van der Waals surface area contributed by atoms with E-state index < -0.39 is 0 Å². The molecule has 0 saturated carbocycles. The standard InChI is InChI=1S/C49H41N/c1-50-48-26-12-11-25-45(48)47-33-44(32-46(49(47)50)36-19-9-4-10-20-36)40-24-14-22-38(28-40)37-21-13-23-39(27-37)43-30-41(34-15-5-2-6-16-34)29-42(31-43)35-17-7-3-8-18-35/h2-12,14-17,19-20,22-33,35,47,49H,13,18,21H2,1H3. The van der Waals surface area contributed by atoms with Gasteiger partial charge in [0.25, 0.3) is 0 Å². The van der Waals surface area contributed by atoms with E-state index >= 15 is 0 Å².